The van der Waals surface area contributed by atoms with Gasteiger partial charge in [0, 0.05) is 11.1 Å². The molecule has 1 fully saturated rings. The molecule has 1 aliphatic carbocycles. The highest BCUT2D eigenvalue weighted by Crippen LogP contribution is 2.45. The molecule has 0 heterocycles. The van der Waals surface area contributed by atoms with Crippen molar-refractivity contribution < 1.29 is 9.84 Å². The maximum absolute atomic E-state index is 9.22. The van der Waals surface area contributed by atoms with E-state index >= 15 is 0 Å². The lowest BCUT2D eigenvalue weighted by atomic mass is 10.1. The highest BCUT2D eigenvalue weighted by Gasteiger charge is 2.41. The molecule has 1 aliphatic rings. The minimum Gasteiger partial charge on any atom is -0.491 e. The van der Waals surface area contributed by atoms with Gasteiger partial charge >= 0.3 is 0 Å². The monoisotopic (exact) mass is 277 g/mol. The van der Waals surface area contributed by atoms with Crippen molar-refractivity contribution >= 4 is 11.6 Å². The first-order valence-corrected chi connectivity index (χ1v) is 6.97. The van der Waals surface area contributed by atoms with Crippen molar-refractivity contribution in [2.75, 3.05) is 18.5 Å². The number of hydrogen-bond donors (Lipinski definition) is 3. The quantitative estimate of drug-likeness (QED) is 0.548. The van der Waals surface area contributed by atoms with Crippen molar-refractivity contribution in [3.05, 3.63) is 24.3 Å². The maximum Gasteiger partial charge on any atom is 0.193 e. The number of nitrogens with zero attached hydrogens (tertiary/aromatic N) is 1. The van der Waals surface area contributed by atoms with Crippen LogP contribution in [0.2, 0.25) is 0 Å². The van der Waals surface area contributed by atoms with Gasteiger partial charge in [0.25, 0.3) is 0 Å². The SMILES string of the molecule is CC(C)Oc1ccc(NC(N)=NCC2(CO)CC2)cc1. The first kappa shape index (κ1) is 14.7. The van der Waals surface area contributed by atoms with Crippen molar-refractivity contribution in [1.82, 2.24) is 0 Å². The number of aliphatic hydroxyl groups is 1. The van der Waals surface area contributed by atoms with Crippen LogP contribution in [0.15, 0.2) is 29.3 Å². The van der Waals surface area contributed by atoms with Gasteiger partial charge in [0.1, 0.15) is 5.75 Å². The summed E-state index contributed by atoms with van der Waals surface area (Å²) < 4.78 is 5.57. The molecule has 0 bridgehead atoms. The Balaban J connectivity index is 1.87. The third-order valence-corrected chi connectivity index (χ3v) is 3.38. The van der Waals surface area contributed by atoms with Gasteiger partial charge in [-0.1, -0.05) is 0 Å². The average molecular weight is 277 g/mol. The number of rotatable bonds is 6. The molecule has 0 unspecified atom stereocenters. The number of aliphatic imine (C=N–C) groups is 1. The van der Waals surface area contributed by atoms with Crippen LogP contribution in [0, 0.1) is 5.41 Å². The minimum absolute atomic E-state index is 0.0126. The molecule has 0 aliphatic heterocycles. The summed E-state index contributed by atoms with van der Waals surface area (Å²) >= 11 is 0. The van der Waals surface area contributed by atoms with Gasteiger partial charge in [-0.05, 0) is 51.0 Å². The smallest absolute Gasteiger partial charge is 0.193 e. The van der Waals surface area contributed by atoms with Gasteiger partial charge in [0.05, 0.1) is 19.3 Å². The standard InChI is InChI=1S/C15H23N3O2/c1-11(2)20-13-5-3-12(4-6-13)18-14(16)17-9-15(10-19)7-8-15/h3-6,11,19H,7-10H2,1-2H3,(H3,16,17,18). The minimum atomic E-state index is -0.0126. The third kappa shape index (κ3) is 4.13. The maximum atomic E-state index is 9.22. The van der Waals surface area contributed by atoms with E-state index in [-0.39, 0.29) is 18.1 Å². The van der Waals surface area contributed by atoms with Crippen LogP contribution in [0.1, 0.15) is 26.7 Å². The van der Waals surface area contributed by atoms with Crippen LogP contribution in [0.25, 0.3) is 0 Å². The van der Waals surface area contributed by atoms with Gasteiger partial charge < -0.3 is 20.9 Å². The van der Waals surface area contributed by atoms with Gasteiger partial charge in [-0.15, -0.1) is 0 Å². The number of aliphatic hydroxyl groups excluding tert-OH is 1. The highest BCUT2D eigenvalue weighted by molar-refractivity contribution is 5.92. The largest absolute Gasteiger partial charge is 0.491 e. The van der Waals surface area contributed by atoms with Gasteiger partial charge in [-0.3, -0.25) is 4.99 Å². The molecule has 1 aromatic rings. The first-order valence-electron chi connectivity index (χ1n) is 6.97. The molecular weight excluding hydrogens is 254 g/mol. The summed E-state index contributed by atoms with van der Waals surface area (Å²) in [6.45, 7) is 4.75. The molecule has 5 nitrogen and oxygen atoms in total. The zero-order valence-electron chi connectivity index (χ0n) is 12.1. The highest BCUT2D eigenvalue weighted by atomic mass is 16.5. The van der Waals surface area contributed by atoms with Crippen LogP contribution in [-0.4, -0.2) is 30.3 Å². The molecule has 0 atom stereocenters. The second-order valence-corrected chi connectivity index (χ2v) is 5.68. The van der Waals surface area contributed by atoms with Crippen LogP contribution in [0.5, 0.6) is 5.75 Å². The number of nitrogens with one attached hydrogen (secondary N) is 1. The molecule has 0 spiro atoms. The van der Waals surface area contributed by atoms with Crippen molar-refractivity contribution in [3.8, 4) is 5.75 Å². The Hall–Kier alpha value is -1.75. The summed E-state index contributed by atoms with van der Waals surface area (Å²) in [6.07, 6.45) is 2.22. The van der Waals surface area contributed by atoms with Crippen LogP contribution in [0.4, 0.5) is 5.69 Å². The van der Waals surface area contributed by atoms with Crippen molar-refractivity contribution in [2.24, 2.45) is 16.1 Å². The van der Waals surface area contributed by atoms with E-state index in [0.717, 1.165) is 24.3 Å². The second kappa shape index (κ2) is 6.13. The number of benzene rings is 1. The van der Waals surface area contributed by atoms with E-state index in [1.807, 2.05) is 38.1 Å². The number of guanidine groups is 1. The molecule has 0 aromatic heterocycles. The fourth-order valence-electron chi connectivity index (χ4n) is 1.87. The zero-order chi connectivity index (χ0) is 14.6. The zero-order valence-corrected chi connectivity index (χ0v) is 12.1. The number of anilines is 1. The van der Waals surface area contributed by atoms with Gasteiger partial charge in [-0.2, -0.15) is 0 Å². The lowest BCUT2D eigenvalue weighted by Crippen LogP contribution is -2.24. The summed E-state index contributed by atoms with van der Waals surface area (Å²) in [6, 6.07) is 7.59. The van der Waals surface area contributed by atoms with Crippen LogP contribution >= 0.6 is 0 Å². The topological polar surface area (TPSA) is 79.9 Å². The van der Waals surface area contributed by atoms with Crippen molar-refractivity contribution in [3.63, 3.8) is 0 Å². The second-order valence-electron chi connectivity index (χ2n) is 5.68. The molecule has 0 saturated heterocycles. The molecule has 0 amide bonds. The van der Waals surface area contributed by atoms with Crippen molar-refractivity contribution in [1.29, 1.82) is 0 Å². The lowest BCUT2D eigenvalue weighted by Gasteiger charge is -2.12. The molecule has 20 heavy (non-hydrogen) atoms. The van der Waals surface area contributed by atoms with E-state index in [0.29, 0.717) is 12.5 Å². The van der Waals surface area contributed by atoms with Crippen LogP contribution in [-0.2, 0) is 0 Å². The predicted molar refractivity (Wildman–Crippen MR) is 81.1 cm³/mol. The van der Waals surface area contributed by atoms with Crippen molar-refractivity contribution in [2.45, 2.75) is 32.8 Å². The van der Waals surface area contributed by atoms with E-state index in [4.69, 9.17) is 10.5 Å². The Labute approximate surface area is 119 Å². The Morgan fingerprint density at radius 2 is 2.05 bits per heavy atom. The van der Waals surface area contributed by atoms with E-state index in [1.165, 1.54) is 0 Å². The Morgan fingerprint density at radius 3 is 2.55 bits per heavy atom. The van der Waals surface area contributed by atoms with E-state index in [1.54, 1.807) is 0 Å². The summed E-state index contributed by atoms with van der Waals surface area (Å²) in [5, 5.41) is 12.3. The fraction of sp³-hybridized carbons (Fsp3) is 0.533. The van der Waals surface area contributed by atoms with E-state index in [9.17, 15) is 5.11 Å². The third-order valence-electron chi connectivity index (χ3n) is 3.38. The molecule has 5 heteroatoms. The first-order chi connectivity index (χ1) is 9.53. The molecule has 0 radical (unpaired) electrons. The normalized spacial score (nSPS) is 17.1. The Bertz CT molecular complexity index is 465. The molecule has 1 saturated carbocycles. The predicted octanol–water partition coefficient (Wildman–Crippen LogP) is 1.97. The van der Waals surface area contributed by atoms with Gasteiger partial charge in [0.2, 0.25) is 0 Å². The molecular formula is C15H23N3O2. The number of hydrogen-bond acceptors (Lipinski definition) is 3. The molecule has 1 aromatic carbocycles. The molecule has 2 rings (SSSR count). The summed E-state index contributed by atoms with van der Waals surface area (Å²) in [5.41, 5.74) is 6.70. The van der Waals surface area contributed by atoms with Crippen LogP contribution < -0.4 is 15.8 Å². The van der Waals surface area contributed by atoms with Crippen LogP contribution in [0.3, 0.4) is 0 Å². The molecule has 110 valence electrons. The lowest BCUT2D eigenvalue weighted by molar-refractivity contribution is 0.217. The molecule has 4 N–H and O–H groups in total. The van der Waals surface area contributed by atoms with Gasteiger partial charge in [-0.25, -0.2) is 0 Å². The fourth-order valence-corrected chi connectivity index (χ4v) is 1.87. The summed E-state index contributed by atoms with van der Waals surface area (Å²) in [7, 11) is 0. The Kier molecular flexibility index (Phi) is 4.49. The summed E-state index contributed by atoms with van der Waals surface area (Å²) in [4.78, 5) is 4.29. The average Bonchev–Trinajstić information content (AvgIpc) is 3.19. The van der Waals surface area contributed by atoms with E-state index in [2.05, 4.69) is 10.3 Å². The summed E-state index contributed by atoms with van der Waals surface area (Å²) in [5.74, 6) is 1.21. The number of nitrogens with two attached hydrogens (primary N) is 1. The Morgan fingerprint density at radius 1 is 1.40 bits per heavy atom. The number of ether oxygens (including phenoxy) is 1. The van der Waals surface area contributed by atoms with Gasteiger partial charge in [0.15, 0.2) is 5.96 Å². The van der Waals surface area contributed by atoms with E-state index < -0.39 is 0 Å².